The van der Waals surface area contributed by atoms with Gasteiger partial charge in [-0.25, -0.2) is 5.43 Å². The van der Waals surface area contributed by atoms with Crippen LogP contribution < -0.4 is 10.2 Å². The number of amides is 1. The molecule has 0 aliphatic carbocycles. The summed E-state index contributed by atoms with van der Waals surface area (Å²) in [5.41, 5.74) is 3.89. The molecule has 0 saturated heterocycles. The third-order valence-corrected chi connectivity index (χ3v) is 2.52. The van der Waals surface area contributed by atoms with Crippen LogP contribution in [0.5, 0.6) is 5.75 Å². The number of hydrogen-bond donors (Lipinski definition) is 1. The third-order valence-electron chi connectivity index (χ3n) is 2.52. The molecule has 0 unspecified atom stereocenters. The molecule has 0 spiro atoms. The van der Waals surface area contributed by atoms with Crippen molar-refractivity contribution in [2.24, 2.45) is 11.0 Å². The molecule has 4 heteroatoms. The fourth-order valence-corrected chi connectivity index (χ4v) is 1.16. The first kappa shape index (κ1) is 13.2. The van der Waals surface area contributed by atoms with Gasteiger partial charge in [0.1, 0.15) is 5.75 Å². The van der Waals surface area contributed by atoms with E-state index in [4.69, 9.17) is 4.74 Å². The number of methoxy groups -OCH3 is 1. The Balaban J connectivity index is 2.80. The van der Waals surface area contributed by atoms with Crippen molar-refractivity contribution in [2.45, 2.75) is 20.8 Å². The summed E-state index contributed by atoms with van der Waals surface area (Å²) in [5.74, 6) is 0.595. The highest BCUT2D eigenvalue weighted by Gasteiger charge is 2.10. The average molecular weight is 234 g/mol. The second kappa shape index (κ2) is 6.03. The number of hydrogen-bond acceptors (Lipinski definition) is 3. The first-order valence-electron chi connectivity index (χ1n) is 5.53. The van der Waals surface area contributed by atoms with Crippen molar-refractivity contribution in [1.82, 2.24) is 5.43 Å². The smallest absolute Gasteiger partial charge is 0.275 e. The van der Waals surface area contributed by atoms with E-state index in [-0.39, 0.29) is 5.91 Å². The van der Waals surface area contributed by atoms with Gasteiger partial charge in [-0.2, -0.15) is 5.10 Å². The molecule has 0 saturated carbocycles. The molecule has 0 heterocycles. The van der Waals surface area contributed by atoms with Gasteiger partial charge in [-0.1, -0.05) is 26.0 Å². The van der Waals surface area contributed by atoms with E-state index < -0.39 is 0 Å². The molecule has 1 rings (SSSR count). The predicted molar refractivity (Wildman–Crippen MR) is 68.4 cm³/mol. The molecule has 0 aliphatic rings. The van der Waals surface area contributed by atoms with E-state index in [0.717, 1.165) is 5.71 Å². The van der Waals surface area contributed by atoms with Crippen molar-refractivity contribution in [3.8, 4) is 5.75 Å². The van der Waals surface area contributed by atoms with Crippen LogP contribution in [0.15, 0.2) is 29.4 Å². The van der Waals surface area contributed by atoms with Gasteiger partial charge in [-0.3, -0.25) is 4.79 Å². The zero-order chi connectivity index (χ0) is 12.8. The van der Waals surface area contributed by atoms with E-state index in [1.54, 1.807) is 18.2 Å². The van der Waals surface area contributed by atoms with Crippen LogP contribution >= 0.6 is 0 Å². The van der Waals surface area contributed by atoms with Crippen molar-refractivity contribution in [1.29, 1.82) is 0 Å². The summed E-state index contributed by atoms with van der Waals surface area (Å²) in [6.45, 7) is 5.93. The van der Waals surface area contributed by atoms with Crippen molar-refractivity contribution < 1.29 is 9.53 Å². The van der Waals surface area contributed by atoms with Crippen molar-refractivity contribution >= 4 is 11.6 Å². The molecule has 17 heavy (non-hydrogen) atoms. The summed E-state index contributed by atoms with van der Waals surface area (Å²) >= 11 is 0. The van der Waals surface area contributed by atoms with Gasteiger partial charge in [-0.15, -0.1) is 0 Å². The number of benzene rings is 1. The monoisotopic (exact) mass is 234 g/mol. The average Bonchev–Trinajstić information content (AvgIpc) is 2.35. The molecule has 4 nitrogen and oxygen atoms in total. The van der Waals surface area contributed by atoms with Crippen molar-refractivity contribution in [3.63, 3.8) is 0 Å². The first-order valence-corrected chi connectivity index (χ1v) is 5.53. The molecule has 1 aromatic carbocycles. The number of nitrogens with one attached hydrogen (secondary N) is 1. The Morgan fingerprint density at radius 3 is 2.59 bits per heavy atom. The molecule has 0 aromatic heterocycles. The SMILES string of the molecule is COc1ccccc1C(=O)N/N=C(/C)C(C)C. The lowest BCUT2D eigenvalue weighted by Crippen LogP contribution is -2.21. The van der Waals surface area contributed by atoms with E-state index in [9.17, 15) is 4.79 Å². The third kappa shape index (κ3) is 3.59. The van der Waals surface area contributed by atoms with Gasteiger partial charge in [0.25, 0.3) is 5.91 Å². The second-order valence-corrected chi connectivity index (χ2v) is 4.05. The van der Waals surface area contributed by atoms with Gasteiger partial charge in [0.05, 0.1) is 12.7 Å². The van der Waals surface area contributed by atoms with Gasteiger partial charge in [0.2, 0.25) is 0 Å². The van der Waals surface area contributed by atoms with E-state index in [0.29, 0.717) is 17.2 Å². The fraction of sp³-hybridized carbons (Fsp3) is 0.385. The minimum absolute atomic E-state index is 0.262. The number of hydrazone groups is 1. The predicted octanol–water partition coefficient (Wildman–Crippen LogP) is 2.46. The number of para-hydroxylation sites is 1. The Hall–Kier alpha value is -1.84. The lowest BCUT2D eigenvalue weighted by atomic mass is 10.1. The van der Waals surface area contributed by atoms with Crippen LogP contribution in [-0.4, -0.2) is 18.7 Å². The van der Waals surface area contributed by atoms with E-state index in [2.05, 4.69) is 10.5 Å². The minimum atomic E-state index is -0.262. The maximum absolute atomic E-state index is 11.9. The standard InChI is InChI=1S/C13H18N2O2/c1-9(2)10(3)14-15-13(16)11-7-5-6-8-12(11)17-4/h5-9H,1-4H3,(H,15,16)/b14-10-. The molecule has 0 atom stereocenters. The van der Waals surface area contributed by atoms with Crippen LogP contribution in [0.25, 0.3) is 0 Å². The van der Waals surface area contributed by atoms with Crippen molar-refractivity contribution in [2.75, 3.05) is 7.11 Å². The van der Waals surface area contributed by atoms with Crippen molar-refractivity contribution in [3.05, 3.63) is 29.8 Å². The van der Waals surface area contributed by atoms with Gasteiger partial charge >= 0.3 is 0 Å². The number of nitrogens with zero attached hydrogens (tertiary/aromatic N) is 1. The topological polar surface area (TPSA) is 50.7 Å². The molecule has 1 N–H and O–H groups in total. The zero-order valence-electron chi connectivity index (χ0n) is 10.7. The van der Waals surface area contributed by atoms with Crippen LogP contribution in [0.4, 0.5) is 0 Å². The summed E-state index contributed by atoms with van der Waals surface area (Å²) < 4.78 is 5.11. The number of rotatable bonds is 4. The summed E-state index contributed by atoms with van der Waals surface area (Å²) in [4.78, 5) is 11.9. The second-order valence-electron chi connectivity index (χ2n) is 4.05. The summed E-state index contributed by atoms with van der Waals surface area (Å²) in [5, 5.41) is 4.04. The summed E-state index contributed by atoms with van der Waals surface area (Å²) in [6.07, 6.45) is 0. The van der Waals surface area contributed by atoms with Gasteiger partial charge in [-0.05, 0) is 25.0 Å². The van der Waals surface area contributed by atoms with E-state index in [1.807, 2.05) is 26.8 Å². The Bertz CT molecular complexity index is 425. The maximum Gasteiger partial charge on any atom is 0.275 e. The first-order chi connectivity index (χ1) is 8.06. The molecular weight excluding hydrogens is 216 g/mol. The van der Waals surface area contributed by atoms with Gasteiger partial charge in [0.15, 0.2) is 0 Å². The Labute approximate surface area is 102 Å². The number of carbonyl (C=O) groups is 1. The van der Waals surface area contributed by atoms with E-state index in [1.165, 1.54) is 7.11 Å². The zero-order valence-corrected chi connectivity index (χ0v) is 10.7. The Morgan fingerprint density at radius 2 is 2.00 bits per heavy atom. The normalized spacial score (nSPS) is 11.5. The molecule has 0 radical (unpaired) electrons. The molecule has 0 bridgehead atoms. The molecular formula is C13H18N2O2. The highest BCUT2D eigenvalue weighted by molar-refractivity contribution is 5.97. The molecule has 1 aromatic rings. The largest absolute Gasteiger partial charge is 0.496 e. The Kier molecular flexibility index (Phi) is 4.69. The minimum Gasteiger partial charge on any atom is -0.496 e. The van der Waals surface area contributed by atoms with E-state index >= 15 is 0 Å². The summed E-state index contributed by atoms with van der Waals surface area (Å²) in [7, 11) is 1.54. The highest BCUT2D eigenvalue weighted by atomic mass is 16.5. The number of ether oxygens (including phenoxy) is 1. The quantitative estimate of drug-likeness (QED) is 0.642. The van der Waals surface area contributed by atoms with Crippen LogP contribution in [0.1, 0.15) is 31.1 Å². The van der Waals surface area contributed by atoms with Crippen LogP contribution in [-0.2, 0) is 0 Å². The lowest BCUT2D eigenvalue weighted by molar-refractivity contribution is 0.0951. The maximum atomic E-state index is 11.9. The van der Waals surface area contributed by atoms with Gasteiger partial charge < -0.3 is 4.74 Å². The van der Waals surface area contributed by atoms with Crippen LogP contribution in [0, 0.1) is 5.92 Å². The van der Waals surface area contributed by atoms with Crippen LogP contribution in [0.3, 0.4) is 0 Å². The highest BCUT2D eigenvalue weighted by Crippen LogP contribution is 2.16. The molecule has 0 fully saturated rings. The fourth-order valence-electron chi connectivity index (χ4n) is 1.16. The Morgan fingerprint density at radius 1 is 1.35 bits per heavy atom. The van der Waals surface area contributed by atoms with Crippen LogP contribution in [0.2, 0.25) is 0 Å². The lowest BCUT2D eigenvalue weighted by Gasteiger charge is -2.08. The summed E-state index contributed by atoms with van der Waals surface area (Å²) in [6, 6.07) is 7.05. The van der Waals surface area contributed by atoms with Gasteiger partial charge in [0, 0.05) is 5.71 Å². The molecule has 1 amide bonds. The number of carbonyl (C=O) groups excluding carboxylic acids is 1. The molecule has 92 valence electrons. The molecule has 0 aliphatic heterocycles.